The molecule has 1 aliphatic rings. The lowest BCUT2D eigenvalue weighted by Gasteiger charge is -2.27. The summed E-state index contributed by atoms with van der Waals surface area (Å²) < 4.78 is 54.6. The van der Waals surface area contributed by atoms with E-state index in [1.165, 1.54) is 4.31 Å². The summed E-state index contributed by atoms with van der Waals surface area (Å²) in [6, 6.07) is 1.60. The van der Waals surface area contributed by atoms with Crippen LogP contribution in [-0.2, 0) is 15.9 Å². The van der Waals surface area contributed by atoms with Crippen LogP contribution in [-0.4, -0.2) is 24.8 Å². The Hall–Kier alpha value is -0.720. The number of halogens is 3. The summed E-state index contributed by atoms with van der Waals surface area (Å²) in [6.07, 6.45) is 2.15. The highest BCUT2D eigenvalue weighted by Crippen LogP contribution is 2.34. The first kappa shape index (κ1) is 16.6. The van der Waals surface area contributed by atoms with E-state index in [-0.39, 0.29) is 12.1 Å². The average Bonchev–Trinajstić information content (AvgIpc) is 2.80. The molecule has 0 bridgehead atoms. The summed E-state index contributed by atoms with van der Waals surface area (Å²) in [5.74, 6) is -2.32. The minimum Gasteiger partial charge on any atom is -0.207 e. The van der Waals surface area contributed by atoms with Gasteiger partial charge in [0.2, 0.25) is 10.0 Å². The smallest absolute Gasteiger partial charge is 0.207 e. The molecule has 1 saturated heterocycles. The van der Waals surface area contributed by atoms with Gasteiger partial charge in [-0.3, -0.25) is 0 Å². The second-order valence-corrected chi connectivity index (χ2v) is 7.37. The van der Waals surface area contributed by atoms with Crippen LogP contribution in [0.1, 0.15) is 38.7 Å². The molecule has 118 valence electrons. The van der Waals surface area contributed by atoms with Crippen LogP contribution < -0.4 is 0 Å². The molecule has 1 fully saturated rings. The Kier molecular flexibility index (Phi) is 4.90. The van der Waals surface area contributed by atoms with Crippen LogP contribution in [0.3, 0.4) is 0 Å². The second-order valence-electron chi connectivity index (χ2n) is 5.30. The first-order valence-corrected chi connectivity index (χ1v) is 8.88. The number of benzene rings is 1. The van der Waals surface area contributed by atoms with Crippen molar-refractivity contribution in [1.82, 2.24) is 4.31 Å². The van der Waals surface area contributed by atoms with Crippen LogP contribution in [0.25, 0.3) is 0 Å². The molecule has 3 nitrogen and oxygen atoms in total. The maximum atomic E-state index is 14.3. The molecule has 2 unspecified atom stereocenters. The molecule has 0 N–H and O–H groups in total. The standard InChI is InChI=1S/C14H18ClF2NO2S/c1-3-10-5-4-9(2)18(10)21(19,20)13-7-6-12(16)11(8-15)14(13)17/h6-7,9-10H,3-5,8H2,1-2H3. The van der Waals surface area contributed by atoms with Gasteiger partial charge in [-0.25, -0.2) is 17.2 Å². The Morgan fingerprint density at radius 3 is 2.57 bits per heavy atom. The Balaban J connectivity index is 2.54. The number of alkyl halides is 1. The highest BCUT2D eigenvalue weighted by molar-refractivity contribution is 7.89. The minimum absolute atomic E-state index is 0.145. The first-order valence-electron chi connectivity index (χ1n) is 6.91. The van der Waals surface area contributed by atoms with E-state index < -0.39 is 38.0 Å². The van der Waals surface area contributed by atoms with Crippen LogP contribution in [0.15, 0.2) is 17.0 Å². The van der Waals surface area contributed by atoms with Gasteiger partial charge in [-0.15, -0.1) is 11.6 Å². The van der Waals surface area contributed by atoms with Crippen molar-refractivity contribution in [3.05, 3.63) is 29.3 Å². The minimum atomic E-state index is -4.00. The van der Waals surface area contributed by atoms with Crippen molar-refractivity contribution in [3.8, 4) is 0 Å². The van der Waals surface area contributed by atoms with E-state index in [2.05, 4.69) is 0 Å². The van der Waals surface area contributed by atoms with Gasteiger partial charge in [0.15, 0.2) is 5.82 Å². The van der Waals surface area contributed by atoms with Gasteiger partial charge in [0, 0.05) is 17.6 Å². The van der Waals surface area contributed by atoms with Crippen LogP contribution in [0.5, 0.6) is 0 Å². The van der Waals surface area contributed by atoms with E-state index >= 15 is 0 Å². The molecule has 2 atom stereocenters. The molecular weight excluding hydrogens is 320 g/mol. The molecule has 0 amide bonds. The fraction of sp³-hybridized carbons (Fsp3) is 0.571. The van der Waals surface area contributed by atoms with Gasteiger partial charge < -0.3 is 0 Å². The molecule has 0 spiro atoms. The van der Waals surface area contributed by atoms with Crippen molar-refractivity contribution in [2.75, 3.05) is 0 Å². The van der Waals surface area contributed by atoms with Crippen molar-refractivity contribution in [1.29, 1.82) is 0 Å². The maximum Gasteiger partial charge on any atom is 0.246 e. The predicted octanol–water partition coefficient (Wildman–Crippen LogP) is 3.66. The van der Waals surface area contributed by atoms with Gasteiger partial charge in [-0.05, 0) is 38.3 Å². The fourth-order valence-corrected chi connectivity index (χ4v) is 5.16. The molecule has 1 aromatic carbocycles. The Bertz CT molecular complexity index is 636. The van der Waals surface area contributed by atoms with E-state index in [9.17, 15) is 17.2 Å². The van der Waals surface area contributed by atoms with Gasteiger partial charge in [0.1, 0.15) is 10.7 Å². The zero-order chi connectivity index (χ0) is 15.8. The van der Waals surface area contributed by atoms with Crippen molar-refractivity contribution < 1.29 is 17.2 Å². The first-order chi connectivity index (χ1) is 9.84. The molecule has 0 aromatic heterocycles. The SMILES string of the molecule is CCC1CCC(C)N1S(=O)(=O)c1ccc(F)c(CCl)c1F. The lowest BCUT2D eigenvalue weighted by Crippen LogP contribution is -2.40. The Labute approximate surface area is 129 Å². The summed E-state index contributed by atoms with van der Waals surface area (Å²) in [7, 11) is -4.00. The molecule has 1 aromatic rings. The van der Waals surface area contributed by atoms with E-state index in [4.69, 9.17) is 11.6 Å². The lowest BCUT2D eigenvalue weighted by molar-refractivity contribution is 0.327. The molecule has 7 heteroatoms. The summed E-state index contributed by atoms with van der Waals surface area (Å²) in [5, 5.41) is 0. The summed E-state index contributed by atoms with van der Waals surface area (Å²) in [4.78, 5) is -0.494. The van der Waals surface area contributed by atoms with E-state index in [0.717, 1.165) is 25.0 Å². The molecular formula is C14H18ClF2NO2S. The highest BCUT2D eigenvalue weighted by Gasteiger charge is 2.40. The molecule has 21 heavy (non-hydrogen) atoms. The number of hydrogen-bond donors (Lipinski definition) is 0. The summed E-state index contributed by atoms with van der Waals surface area (Å²) >= 11 is 5.52. The zero-order valence-electron chi connectivity index (χ0n) is 11.9. The van der Waals surface area contributed by atoms with Crippen molar-refractivity contribution in [2.24, 2.45) is 0 Å². The fourth-order valence-electron chi connectivity index (χ4n) is 2.88. The van der Waals surface area contributed by atoms with Crippen molar-refractivity contribution in [2.45, 2.75) is 56.0 Å². The number of nitrogens with zero attached hydrogens (tertiary/aromatic N) is 1. The summed E-state index contributed by atoms with van der Waals surface area (Å²) in [5.41, 5.74) is -0.405. The topological polar surface area (TPSA) is 37.4 Å². The van der Waals surface area contributed by atoms with Gasteiger partial charge in [0.25, 0.3) is 0 Å². The normalized spacial score (nSPS) is 23.7. The number of sulfonamides is 1. The van der Waals surface area contributed by atoms with E-state index in [1.54, 1.807) is 6.92 Å². The molecule has 0 aliphatic carbocycles. The van der Waals surface area contributed by atoms with Crippen LogP contribution in [0, 0.1) is 11.6 Å². The zero-order valence-corrected chi connectivity index (χ0v) is 13.5. The van der Waals surface area contributed by atoms with Crippen LogP contribution in [0.2, 0.25) is 0 Å². The van der Waals surface area contributed by atoms with E-state index in [0.29, 0.717) is 6.42 Å². The van der Waals surface area contributed by atoms with Crippen LogP contribution >= 0.6 is 11.6 Å². The number of rotatable bonds is 4. The van der Waals surface area contributed by atoms with Crippen molar-refractivity contribution in [3.63, 3.8) is 0 Å². The van der Waals surface area contributed by atoms with Gasteiger partial charge >= 0.3 is 0 Å². The molecule has 1 heterocycles. The maximum absolute atomic E-state index is 14.3. The number of hydrogen-bond acceptors (Lipinski definition) is 2. The second kappa shape index (κ2) is 6.18. The third-order valence-corrected chi connectivity index (χ3v) is 6.37. The molecule has 1 aliphatic heterocycles. The summed E-state index contributed by atoms with van der Waals surface area (Å²) in [6.45, 7) is 3.70. The highest BCUT2D eigenvalue weighted by atomic mass is 35.5. The van der Waals surface area contributed by atoms with Gasteiger partial charge in [0.05, 0.1) is 5.88 Å². The average molecular weight is 338 g/mol. The molecule has 0 radical (unpaired) electrons. The largest absolute Gasteiger partial charge is 0.246 e. The Morgan fingerprint density at radius 1 is 1.33 bits per heavy atom. The molecule has 2 rings (SSSR count). The van der Waals surface area contributed by atoms with Crippen LogP contribution in [0.4, 0.5) is 8.78 Å². The Morgan fingerprint density at radius 2 is 2.00 bits per heavy atom. The predicted molar refractivity (Wildman–Crippen MR) is 77.7 cm³/mol. The quantitative estimate of drug-likeness (QED) is 0.786. The van der Waals surface area contributed by atoms with Crippen molar-refractivity contribution >= 4 is 21.6 Å². The lowest BCUT2D eigenvalue weighted by atomic mass is 10.2. The monoisotopic (exact) mass is 337 g/mol. The third-order valence-electron chi connectivity index (χ3n) is 4.02. The van der Waals surface area contributed by atoms with E-state index in [1.807, 2.05) is 6.92 Å². The third kappa shape index (κ3) is 2.81. The van der Waals surface area contributed by atoms with Gasteiger partial charge in [-0.2, -0.15) is 4.31 Å². The van der Waals surface area contributed by atoms with Gasteiger partial charge in [-0.1, -0.05) is 6.92 Å². The molecule has 0 saturated carbocycles.